The number of aliphatic carboxylic acids is 3. The zero-order valence-corrected chi connectivity index (χ0v) is 24.6. The van der Waals surface area contributed by atoms with Gasteiger partial charge < -0.3 is 34.8 Å². The van der Waals surface area contributed by atoms with Gasteiger partial charge in [-0.05, 0) is 50.9 Å². The van der Waals surface area contributed by atoms with E-state index >= 15 is 0 Å². The summed E-state index contributed by atoms with van der Waals surface area (Å²) in [5.74, 6) is -8.19. The molecule has 0 aliphatic carbocycles. The first-order valence-electron chi connectivity index (χ1n) is 13.7. The standard InChI is InChI=1S/C20H30N4O2.3C2HF3O2/c25-19-16-26-20(17-24(19)15-18-5-1-2-8-21-18)6-11-23(12-7-20)14-13-22-9-3-4-10-22;3*3-2(4,5)1(6)7/h1-2,5,8H,3-4,6-7,9-17H2;3*(H,6,7). The molecule has 0 aromatic carbocycles. The van der Waals surface area contributed by atoms with E-state index in [-0.39, 0.29) is 18.1 Å². The predicted octanol–water partition coefficient (Wildman–Crippen LogP) is 3.27. The van der Waals surface area contributed by atoms with E-state index in [1.165, 1.54) is 32.5 Å². The quantitative estimate of drug-likeness (QED) is 0.387. The lowest BCUT2D eigenvalue weighted by Crippen LogP contribution is -2.58. The Hall–Kier alpha value is -3.72. The van der Waals surface area contributed by atoms with Crippen molar-refractivity contribution in [2.45, 2.75) is 56.4 Å². The van der Waals surface area contributed by atoms with Gasteiger partial charge in [0.15, 0.2) is 0 Å². The van der Waals surface area contributed by atoms with Gasteiger partial charge >= 0.3 is 36.4 Å². The Balaban J connectivity index is 0.000000430. The number of carbonyl (C=O) groups is 4. The molecule has 21 heteroatoms. The van der Waals surface area contributed by atoms with Crippen molar-refractivity contribution in [1.29, 1.82) is 0 Å². The molecule has 0 unspecified atom stereocenters. The van der Waals surface area contributed by atoms with Crippen LogP contribution in [0.3, 0.4) is 0 Å². The summed E-state index contributed by atoms with van der Waals surface area (Å²) in [7, 11) is 0. The number of carboxylic acids is 3. The number of carboxylic acid groups (broad SMARTS) is 3. The molecular formula is C26H33F9N4O8. The number of ether oxygens (including phenoxy) is 1. The van der Waals surface area contributed by atoms with E-state index in [0.717, 1.165) is 38.2 Å². The number of rotatable bonds is 5. The van der Waals surface area contributed by atoms with Gasteiger partial charge in [0.1, 0.15) is 6.61 Å². The molecule has 3 N–H and O–H groups in total. The molecule has 4 heterocycles. The molecule has 12 nitrogen and oxygen atoms in total. The number of aromatic nitrogens is 1. The monoisotopic (exact) mass is 700 g/mol. The lowest BCUT2D eigenvalue weighted by molar-refractivity contribution is -0.193. The van der Waals surface area contributed by atoms with E-state index in [2.05, 4.69) is 14.8 Å². The number of carbonyl (C=O) groups excluding carboxylic acids is 1. The van der Waals surface area contributed by atoms with Crippen LogP contribution in [0.15, 0.2) is 24.4 Å². The Morgan fingerprint density at radius 2 is 1.19 bits per heavy atom. The first kappa shape index (κ1) is 41.3. The highest BCUT2D eigenvalue weighted by atomic mass is 19.4. The Labute approximate surface area is 261 Å². The number of morpholine rings is 1. The van der Waals surface area contributed by atoms with Crippen molar-refractivity contribution in [2.24, 2.45) is 0 Å². The molecular weight excluding hydrogens is 667 g/mol. The summed E-state index contributed by atoms with van der Waals surface area (Å²) in [5, 5.41) is 21.4. The van der Waals surface area contributed by atoms with Crippen LogP contribution >= 0.6 is 0 Å². The van der Waals surface area contributed by atoms with Crippen molar-refractivity contribution >= 4 is 23.8 Å². The van der Waals surface area contributed by atoms with E-state index in [1.54, 1.807) is 6.20 Å². The normalized spacial score (nSPS) is 18.6. The Morgan fingerprint density at radius 3 is 1.57 bits per heavy atom. The fraction of sp³-hybridized carbons (Fsp3) is 0.654. The van der Waals surface area contributed by atoms with E-state index < -0.39 is 36.4 Å². The van der Waals surface area contributed by atoms with Crippen LogP contribution in [-0.4, -0.2) is 135 Å². The van der Waals surface area contributed by atoms with E-state index in [1.807, 2.05) is 23.1 Å². The molecule has 0 saturated carbocycles. The van der Waals surface area contributed by atoms with Crippen LogP contribution in [0, 0.1) is 0 Å². The van der Waals surface area contributed by atoms with Crippen LogP contribution in [0.5, 0.6) is 0 Å². The van der Waals surface area contributed by atoms with E-state index in [0.29, 0.717) is 13.1 Å². The third-order valence-corrected chi connectivity index (χ3v) is 6.84. The SMILES string of the molecule is O=C(O)C(F)(F)F.O=C(O)C(F)(F)F.O=C(O)C(F)(F)F.O=C1COC2(CCN(CCN3CCCC3)CC2)CN1Cc1ccccn1. The molecule has 1 aromatic rings. The summed E-state index contributed by atoms with van der Waals surface area (Å²) in [6, 6.07) is 5.86. The molecule has 268 valence electrons. The average Bonchev–Trinajstić information content (AvgIpc) is 3.49. The number of amides is 1. The van der Waals surface area contributed by atoms with Gasteiger partial charge in [-0.25, -0.2) is 14.4 Å². The van der Waals surface area contributed by atoms with Crippen molar-refractivity contribution in [2.75, 3.05) is 52.4 Å². The third-order valence-electron chi connectivity index (χ3n) is 6.84. The largest absolute Gasteiger partial charge is 0.490 e. The fourth-order valence-corrected chi connectivity index (χ4v) is 4.39. The molecule has 0 atom stereocenters. The number of hydrogen-bond donors (Lipinski definition) is 3. The van der Waals surface area contributed by atoms with Gasteiger partial charge in [0, 0.05) is 32.4 Å². The number of hydrogen-bond acceptors (Lipinski definition) is 8. The minimum absolute atomic E-state index is 0.0812. The van der Waals surface area contributed by atoms with Crippen molar-refractivity contribution in [3.8, 4) is 0 Å². The minimum atomic E-state index is -5.08. The molecule has 47 heavy (non-hydrogen) atoms. The summed E-state index contributed by atoms with van der Waals surface area (Å²) in [5.41, 5.74) is 0.785. The van der Waals surface area contributed by atoms with Crippen molar-refractivity contribution in [1.82, 2.24) is 19.7 Å². The molecule has 3 fully saturated rings. The van der Waals surface area contributed by atoms with Gasteiger partial charge in [0.25, 0.3) is 0 Å². The maximum atomic E-state index is 12.3. The van der Waals surface area contributed by atoms with Crippen LogP contribution in [0.25, 0.3) is 0 Å². The maximum Gasteiger partial charge on any atom is 0.490 e. The van der Waals surface area contributed by atoms with Crippen LogP contribution in [0.2, 0.25) is 0 Å². The van der Waals surface area contributed by atoms with Crippen molar-refractivity contribution in [3.63, 3.8) is 0 Å². The second kappa shape index (κ2) is 18.0. The number of halogens is 9. The van der Waals surface area contributed by atoms with E-state index in [9.17, 15) is 44.3 Å². The molecule has 0 bridgehead atoms. The summed E-state index contributed by atoms with van der Waals surface area (Å²) >= 11 is 0. The number of likely N-dealkylation sites (tertiary alicyclic amines) is 2. The second-order valence-corrected chi connectivity index (χ2v) is 10.3. The van der Waals surface area contributed by atoms with Gasteiger partial charge in [0.2, 0.25) is 5.91 Å². The highest BCUT2D eigenvalue weighted by Crippen LogP contribution is 2.31. The number of pyridine rings is 1. The summed E-state index contributed by atoms with van der Waals surface area (Å²) < 4.78 is 101. The number of nitrogens with zero attached hydrogens (tertiary/aromatic N) is 4. The molecule has 3 saturated heterocycles. The molecule has 1 aromatic heterocycles. The molecule has 4 rings (SSSR count). The smallest absolute Gasteiger partial charge is 0.475 e. The van der Waals surface area contributed by atoms with Gasteiger partial charge in [-0.2, -0.15) is 39.5 Å². The van der Waals surface area contributed by atoms with Crippen LogP contribution < -0.4 is 0 Å². The first-order valence-corrected chi connectivity index (χ1v) is 13.7. The fourth-order valence-electron chi connectivity index (χ4n) is 4.39. The zero-order valence-electron chi connectivity index (χ0n) is 24.6. The van der Waals surface area contributed by atoms with Crippen molar-refractivity contribution < 1.29 is 78.7 Å². The topological polar surface area (TPSA) is 161 Å². The van der Waals surface area contributed by atoms with Crippen LogP contribution in [0.4, 0.5) is 39.5 Å². The first-order chi connectivity index (χ1) is 21.6. The Bertz CT molecular complexity index is 1100. The lowest BCUT2D eigenvalue weighted by Gasteiger charge is -2.47. The lowest BCUT2D eigenvalue weighted by atomic mass is 9.89. The minimum Gasteiger partial charge on any atom is -0.475 e. The summed E-state index contributed by atoms with van der Waals surface area (Å²) in [4.78, 5) is 50.4. The van der Waals surface area contributed by atoms with Gasteiger partial charge in [-0.3, -0.25) is 9.78 Å². The van der Waals surface area contributed by atoms with Crippen molar-refractivity contribution in [3.05, 3.63) is 30.1 Å². The molecule has 1 amide bonds. The highest BCUT2D eigenvalue weighted by molar-refractivity contribution is 5.78. The number of piperidine rings is 1. The van der Waals surface area contributed by atoms with Gasteiger partial charge in [0.05, 0.1) is 24.4 Å². The summed E-state index contributed by atoms with van der Waals surface area (Å²) in [6.07, 6.45) is -8.72. The number of alkyl halides is 9. The predicted molar refractivity (Wildman–Crippen MR) is 141 cm³/mol. The van der Waals surface area contributed by atoms with Crippen LogP contribution in [0.1, 0.15) is 31.4 Å². The summed E-state index contributed by atoms with van der Waals surface area (Å²) in [6.45, 7) is 8.52. The Kier molecular flexibility index (Phi) is 15.8. The molecule has 0 radical (unpaired) electrons. The second-order valence-electron chi connectivity index (χ2n) is 10.3. The van der Waals surface area contributed by atoms with E-state index in [4.69, 9.17) is 34.4 Å². The molecule has 3 aliphatic heterocycles. The highest BCUT2D eigenvalue weighted by Gasteiger charge is 2.42. The Morgan fingerprint density at radius 1 is 0.766 bits per heavy atom. The third kappa shape index (κ3) is 16.1. The van der Waals surface area contributed by atoms with Gasteiger partial charge in [-0.15, -0.1) is 0 Å². The molecule has 1 spiro atoms. The van der Waals surface area contributed by atoms with Crippen LogP contribution in [-0.2, 0) is 30.5 Å². The zero-order chi connectivity index (χ0) is 36.1. The molecule has 3 aliphatic rings. The average molecular weight is 701 g/mol. The maximum absolute atomic E-state index is 12.3. The van der Waals surface area contributed by atoms with Gasteiger partial charge in [-0.1, -0.05) is 6.07 Å².